The maximum absolute atomic E-state index is 12.8. The lowest BCUT2D eigenvalue weighted by molar-refractivity contribution is -0.117. The summed E-state index contributed by atoms with van der Waals surface area (Å²) >= 11 is 2.80. The lowest BCUT2D eigenvalue weighted by Crippen LogP contribution is -2.47. The van der Waals surface area contributed by atoms with Gasteiger partial charge in [-0.1, -0.05) is 54.6 Å². The van der Waals surface area contributed by atoms with Gasteiger partial charge in [0.1, 0.15) is 6.04 Å². The molecule has 1 atom stereocenters. The van der Waals surface area contributed by atoms with E-state index in [1.54, 1.807) is 19.1 Å². The molecule has 1 heterocycles. The number of carbonyl (C=O) groups excluding carboxylic acids is 1. The van der Waals surface area contributed by atoms with Crippen molar-refractivity contribution in [1.29, 1.82) is 0 Å². The molecule has 1 unspecified atom stereocenters. The Labute approximate surface area is 162 Å². The first-order valence-electron chi connectivity index (χ1n) is 8.09. The second-order valence-corrected chi connectivity index (χ2v) is 9.96. The normalized spacial score (nSPS) is 12.6. The summed E-state index contributed by atoms with van der Waals surface area (Å²) in [6, 6.07) is 6.16. The van der Waals surface area contributed by atoms with Gasteiger partial charge < -0.3 is 0 Å². The minimum atomic E-state index is -3.65. The first-order chi connectivity index (χ1) is 12.3. The van der Waals surface area contributed by atoms with Crippen molar-refractivity contribution in [2.75, 3.05) is 21.6 Å². The number of aromatic nitrogens is 2. The van der Waals surface area contributed by atoms with Gasteiger partial charge in [0.25, 0.3) is 0 Å². The molecule has 2 rings (SSSR count). The van der Waals surface area contributed by atoms with Gasteiger partial charge in [-0.3, -0.25) is 14.4 Å². The second kappa shape index (κ2) is 8.83. The van der Waals surface area contributed by atoms with E-state index in [2.05, 4.69) is 15.5 Å². The summed E-state index contributed by atoms with van der Waals surface area (Å²) in [6.07, 6.45) is 1.42. The fourth-order valence-corrected chi connectivity index (χ4v) is 5.25. The number of carbonyl (C=O) groups is 1. The van der Waals surface area contributed by atoms with E-state index in [1.807, 2.05) is 26.0 Å². The van der Waals surface area contributed by atoms with Crippen molar-refractivity contribution in [2.45, 2.75) is 37.6 Å². The van der Waals surface area contributed by atoms with Crippen molar-refractivity contribution < 1.29 is 13.2 Å². The van der Waals surface area contributed by atoms with Crippen LogP contribution in [0, 0.1) is 6.92 Å². The summed E-state index contributed by atoms with van der Waals surface area (Å²) in [5, 5.41) is 11.0. The van der Waals surface area contributed by atoms with E-state index in [-0.39, 0.29) is 0 Å². The average Bonchev–Trinajstić information content (AvgIpc) is 3.00. The van der Waals surface area contributed by atoms with Crippen LogP contribution in [0.25, 0.3) is 0 Å². The number of hydrogen-bond acceptors (Lipinski definition) is 7. The minimum Gasteiger partial charge on any atom is -0.299 e. The van der Waals surface area contributed by atoms with E-state index in [0.29, 0.717) is 17.2 Å². The Morgan fingerprint density at radius 3 is 2.46 bits per heavy atom. The largest absolute Gasteiger partial charge is 0.299 e. The molecule has 26 heavy (non-hydrogen) atoms. The maximum Gasteiger partial charge on any atom is 0.250 e. The Morgan fingerprint density at radius 1 is 1.27 bits per heavy atom. The monoisotopic (exact) mass is 414 g/mol. The Morgan fingerprint density at radius 2 is 1.92 bits per heavy atom. The van der Waals surface area contributed by atoms with E-state index in [4.69, 9.17) is 0 Å². The number of nitrogens with one attached hydrogen (secondary N) is 1. The third kappa shape index (κ3) is 5.18. The van der Waals surface area contributed by atoms with E-state index >= 15 is 0 Å². The zero-order valence-corrected chi connectivity index (χ0v) is 17.5. The molecule has 0 aliphatic heterocycles. The molecule has 1 amide bonds. The van der Waals surface area contributed by atoms with Gasteiger partial charge in [-0.2, -0.15) is 0 Å². The minimum absolute atomic E-state index is 0.322. The van der Waals surface area contributed by atoms with Crippen LogP contribution in [0.15, 0.2) is 28.6 Å². The van der Waals surface area contributed by atoms with E-state index in [9.17, 15) is 13.2 Å². The second-order valence-electron chi connectivity index (χ2n) is 5.61. The molecule has 0 aliphatic rings. The number of benzene rings is 1. The highest BCUT2D eigenvalue weighted by atomic mass is 32.2. The molecule has 1 aromatic carbocycles. The smallest absolute Gasteiger partial charge is 0.250 e. The highest BCUT2D eigenvalue weighted by Crippen LogP contribution is 2.27. The first kappa shape index (κ1) is 20.7. The van der Waals surface area contributed by atoms with Crippen molar-refractivity contribution in [2.24, 2.45) is 0 Å². The topological polar surface area (TPSA) is 92.3 Å². The van der Waals surface area contributed by atoms with E-state index in [0.717, 1.165) is 26.2 Å². The molecule has 0 saturated carbocycles. The fraction of sp³-hybridized carbons (Fsp3) is 0.438. The number of rotatable bonds is 8. The van der Waals surface area contributed by atoms with Crippen LogP contribution in [-0.2, 0) is 14.8 Å². The number of sulfonamides is 1. The van der Waals surface area contributed by atoms with Crippen LogP contribution in [0.3, 0.4) is 0 Å². The van der Waals surface area contributed by atoms with Gasteiger partial charge in [0.15, 0.2) is 4.34 Å². The van der Waals surface area contributed by atoms with Crippen molar-refractivity contribution in [3.63, 3.8) is 0 Å². The maximum atomic E-state index is 12.8. The van der Waals surface area contributed by atoms with E-state index in [1.165, 1.54) is 23.1 Å². The highest BCUT2D eigenvalue weighted by Gasteiger charge is 2.32. The molecule has 0 aliphatic carbocycles. The lowest BCUT2D eigenvalue weighted by atomic mass is 10.1. The average molecular weight is 415 g/mol. The molecular formula is C16H22N4O3S3. The first-order valence-corrected chi connectivity index (χ1v) is 11.7. The molecule has 0 saturated heterocycles. The summed E-state index contributed by atoms with van der Waals surface area (Å²) in [7, 11) is -3.65. The standard InChI is InChI=1S/C16H22N4O3S3/c1-5-13(14(21)17-15-18-19-16(25-15)24-6-2)20(26(4,22)23)12-9-7-11(3)8-10-12/h7-10,13H,5-6H2,1-4H3,(H,17,18,21). The highest BCUT2D eigenvalue weighted by molar-refractivity contribution is 8.01. The SMILES string of the molecule is CCSc1nnc(NC(=O)C(CC)N(c2ccc(C)cc2)S(C)(=O)=O)s1. The van der Waals surface area contributed by atoms with Crippen LogP contribution in [-0.4, -0.2) is 42.6 Å². The van der Waals surface area contributed by atoms with Gasteiger partial charge >= 0.3 is 0 Å². The van der Waals surface area contributed by atoms with Gasteiger partial charge in [-0.05, 0) is 31.2 Å². The van der Waals surface area contributed by atoms with Crippen LogP contribution in [0.2, 0.25) is 0 Å². The Kier molecular flexibility index (Phi) is 7.01. The number of anilines is 2. The van der Waals surface area contributed by atoms with Crippen LogP contribution in [0.1, 0.15) is 25.8 Å². The van der Waals surface area contributed by atoms with Crippen LogP contribution >= 0.6 is 23.1 Å². The summed E-state index contributed by atoms with van der Waals surface area (Å²) in [6.45, 7) is 5.69. The molecule has 1 N–H and O–H groups in total. The lowest BCUT2D eigenvalue weighted by Gasteiger charge is -2.29. The van der Waals surface area contributed by atoms with Crippen LogP contribution < -0.4 is 9.62 Å². The molecular weight excluding hydrogens is 392 g/mol. The molecule has 10 heteroatoms. The van der Waals surface area contributed by atoms with Gasteiger partial charge in [-0.25, -0.2) is 8.42 Å². The number of thioether (sulfide) groups is 1. The van der Waals surface area contributed by atoms with Crippen molar-refractivity contribution in [3.8, 4) is 0 Å². The number of aryl methyl sites for hydroxylation is 1. The number of amides is 1. The molecule has 0 spiro atoms. The Balaban J connectivity index is 2.28. The number of nitrogens with zero attached hydrogens (tertiary/aromatic N) is 3. The summed E-state index contributed by atoms with van der Waals surface area (Å²) in [4.78, 5) is 12.8. The van der Waals surface area contributed by atoms with Crippen LogP contribution in [0.4, 0.5) is 10.8 Å². The van der Waals surface area contributed by atoms with Crippen molar-refractivity contribution in [3.05, 3.63) is 29.8 Å². The Bertz CT molecular complexity index is 850. The Hall–Kier alpha value is -1.65. The zero-order chi connectivity index (χ0) is 19.3. The zero-order valence-electron chi connectivity index (χ0n) is 15.1. The molecule has 0 bridgehead atoms. The third-order valence-corrected chi connectivity index (χ3v) is 6.56. The molecule has 1 aromatic heterocycles. The number of hydrogen-bond donors (Lipinski definition) is 1. The summed E-state index contributed by atoms with van der Waals surface area (Å²) in [5.41, 5.74) is 1.47. The predicted octanol–water partition coefficient (Wildman–Crippen LogP) is 3.14. The third-order valence-electron chi connectivity index (χ3n) is 3.52. The molecule has 2 aromatic rings. The van der Waals surface area contributed by atoms with Crippen molar-refractivity contribution in [1.82, 2.24) is 10.2 Å². The van der Waals surface area contributed by atoms with Gasteiger partial charge in [0, 0.05) is 0 Å². The quantitative estimate of drug-likeness (QED) is 0.527. The predicted molar refractivity (Wildman–Crippen MR) is 108 cm³/mol. The molecule has 0 fully saturated rings. The van der Waals surface area contributed by atoms with Crippen LogP contribution in [0.5, 0.6) is 0 Å². The fourth-order valence-electron chi connectivity index (χ4n) is 2.38. The van der Waals surface area contributed by atoms with Gasteiger partial charge in [-0.15, -0.1) is 10.2 Å². The van der Waals surface area contributed by atoms with Gasteiger partial charge in [0.2, 0.25) is 21.1 Å². The van der Waals surface area contributed by atoms with Gasteiger partial charge in [0.05, 0.1) is 11.9 Å². The van der Waals surface area contributed by atoms with Crippen molar-refractivity contribution >= 4 is 49.8 Å². The summed E-state index contributed by atoms with van der Waals surface area (Å²) in [5.74, 6) is 0.429. The molecule has 7 nitrogen and oxygen atoms in total. The summed E-state index contributed by atoms with van der Waals surface area (Å²) < 4.78 is 26.7. The molecule has 142 valence electrons. The molecule has 0 radical (unpaired) electrons. The van der Waals surface area contributed by atoms with E-state index < -0.39 is 22.0 Å².